The summed E-state index contributed by atoms with van der Waals surface area (Å²) in [4.78, 5) is 0. The molecule has 0 aliphatic carbocycles. The minimum absolute atomic E-state index is 0.128. The van der Waals surface area contributed by atoms with Gasteiger partial charge in [0.25, 0.3) is 0 Å². The SMILES string of the molecule is CN[C@@H](c1ccccc1)[C@@H](Nc1c(C)cc(C)cc1C)c1ccccc1. The first-order valence-electron chi connectivity index (χ1n) is 9.21. The molecule has 134 valence electrons. The summed E-state index contributed by atoms with van der Waals surface area (Å²) in [6, 6.07) is 26.1. The monoisotopic (exact) mass is 344 g/mol. The zero-order valence-corrected chi connectivity index (χ0v) is 16.1. The van der Waals surface area contributed by atoms with Crippen molar-refractivity contribution < 1.29 is 0 Å². The second kappa shape index (κ2) is 8.20. The van der Waals surface area contributed by atoms with Crippen LogP contribution in [0, 0.1) is 20.8 Å². The number of anilines is 1. The molecule has 2 atom stereocenters. The molecule has 3 rings (SSSR count). The Bertz CT molecular complexity index is 818. The first-order valence-corrected chi connectivity index (χ1v) is 9.21. The third-order valence-corrected chi connectivity index (χ3v) is 4.94. The van der Waals surface area contributed by atoms with Crippen molar-refractivity contribution in [3.63, 3.8) is 0 Å². The van der Waals surface area contributed by atoms with E-state index < -0.39 is 0 Å². The van der Waals surface area contributed by atoms with Crippen molar-refractivity contribution in [2.75, 3.05) is 12.4 Å². The average Bonchev–Trinajstić information content (AvgIpc) is 2.65. The molecular weight excluding hydrogens is 316 g/mol. The summed E-state index contributed by atoms with van der Waals surface area (Å²) >= 11 is 0. The molecule has 0 heterocycles. The molecule has 0 spiro atoms. The van der Waals surface area contributed by atoms with Gasteiger partial charge in [-0.25, -0.2) is 0 Å². The largest absolute Gasteiger partial charge is 0.376 e. The molecule has 0 bridgehead atoms. The van der Waals surface area contributed by atoms with Crippen LogP contribution in [-0.4, -0.2) is 7.05 Å². The van der Waals surface area contributed by atoms with E-state index in [2.05, 4.69) is 104 Å². The third kappa shape index (κ3) is 3.97. The smallest absolute Gasteiger partial charge is 0.0708 e. The molecule has 0 fully saturated rings. The third-order valence-electron chi connectivity index (χ3n) is 4.94. The molecule has 2 heteroatoms. The fourth-order valence-electron chi connectivity index (χ4n) is 3.77. The second-order valence-electron chi connectivity index (χ2n) is 6.98. The summed E-state index contributed by atoms with van der Waals surface area (Å²) in [5, 5.41) is 7.37. The number of nitrogens with one attached hydrogen (secondary N) is 2. The number of rotatable bonds is 6. The molecule has 0 saturated carbocycles. The molecule has 3 aromatic rings. The van der Waals surface area contributed by atoms with E-state index in [9.17, 15) is 0 Å². The lowest BCUT2D eigenvalue weighted by Crippen LogP contribution is -2.29. The highest BCUT2D eigenvalue weighted by atomic mass is 15.0. The van der Waals surface area contributed by atoms with E-state index in [-0.39, 0.29) is 12.1 Å². The van der Waals surface area contributed by atoms with Crippen LogP contribution in [0.5, 0.6) is 0 Å². The summed E-state index contributed by atoms with van der Waals surface area (Å²) in [5.41, 5.74) is 7.64. The van der Waals surface area contributed by atoms with Crippen molar-refractivity contribution in [2.45, 2.75) is 32.9 Å². The Morgan fingerprint density at radius 3 is 1.58 bits per heavy atom. The lowest BCUT2D eigenvalue weighted by molar-refractivity contribution is 0.516. The number of benzene rings is 3. The maximum Gasteiger partial charge on any atom is 0.0708 e. The van der Waals surface area contributed by atoms with E-state index in [0.717, 1.165) is 0 Å². The van der Waals surface area contributed by atoms with Gasteiger partial charge in [0, 0.05) is 5.69 Å². The van der Waals surface area contributed by atoms with Crippen LogP contribution in [0.15, 0.2) is 72.8 Å². The van der Waals surface area contributed by atoms with Gasteiger partial charge < -0.3 is 10.6 Å². The molecule has 0 aromatic heterocycles. The Kier molecular flexibility index (Phi) is 5.75. The van der Waals surface area contributed by atoms with Crippen LogP contribution in [0.3, 0.4) is 0 Å². The predicted octanol–water partition coefficient (Wildman–Crippen LogP) is 5.73. The van der Waals surface area contributed by atoms with Gasteiger partial charge in [0.2, 0.25) is 0 Å². The molecule has 26 heavy (non-hydrogen) atoms. The highest BCUT2D eigenvalue weighted by Crippen LogP contribution is 2.34. The molecule has 3 aromatic carbocycles. The lowest BCUT2D eigenvalue weighted by atomic mass is 9.92. The Balaban J connectivity index is 2.05. The zero-order chi connectivity index (χ0) is 18.5. The Hall–Kier alpha value is -2.58. The van der Waals surface area contributed by atoms with E-state index in [0.29, 0.717) is 0 Å². The predicted molar refractivity (Wildman–Crippen MR) is 112 cm³/mol. The van der Waals surface area contributed by atoms with Crippen LogP contribution in [0.1, 0.15) is 39.9 Å². The normalized spacial score (nSPS) is 13.2. The van der Waals surface area contributed by atoms with E-state index in [1.807, 2.05) is 7.05 Å². The Morgan fingerprint density at radius 1 is 0.654 bits per heavy atom. The summed E-state index contributed by atoms with van der Waals surface area (Å²) in [6.07, 6.45) is 0. The number of aryl methyl sites for hydroxylation is 3. The summed E-state index contributed by atoms with van der Waals surface area (Å²) in [7, 11) is 2.03. The molecule has 0 unspecified atom stereocenters. The number of hydrogen-bond donors (Lipinski definition) is 2. The van der Waals surface area contributed by atoms with Crippen LogP contribution < -0.4 is 10.6 Å². The minimum Gasteiger partial charge on any atom is -0.376 e. The van der Waals surface area contributed by atoms with Crippen LogP contribution in [0.2, 0.25) is 0 Å². The average molecular weight is 345 g/mol. The van der Waals surface area contributed by atoms with E-state index >= 15 is 0 Å². The van der Waals surface area contributed by atoms with Gasteiger partial charge in [-0.15, -0.1) is 0 Å². The summed E-state index contributed by atoms with van der Waals surface area (Å²) in [5.74, 6) is 0. The minimum atomic E-state index is 0.128. The highest BCUT2D eigenvalue weighted by Gasteiger charge is 2.24. The zero-order valence-electron chi connectivity index (χ0n) is 16.1. The van der Waals surface area contributed by atoms with Crippen LogP contribution in [0.25, 0.3) is 0 Å². The first-order chi connectivity index (χ1) is 12.6. The molecule has 0 saturated heterocycles. The van der Waals surface area contributed by atoms with Gasteiger partial charge in [0.1, 0.15) is 0 Å². The standard InChI is InChI=1S/C24H28N2/c1-17-15-18(2)22(19(3)16-17)26-24(21-13-9-6-10-14-21)23(25-4)20-11-7-5-8-12-20/h5-16,23-26H,1-4H3/t23-,24-/m0/s1. The molecule has 0 amide bonds. The number of hydrogen-bond acceptors (Lipinski definition) is 2. The van der Waals surface area contributed by atoms with Crippen molar-refractivity contribution in [3.8, 4) is 0 Å². The molecule has 0 radical (unpaired) electrons. The maximum atomic E-state index is 3.85. The van der Waals surface area contributed by atoms with Crippen molar-refractivity contribution in [3.05, 3.63) is 101 Å². The van der Waals surface area contributed by atoms with E-state index in [1.165, 1.54) is 33.5 Å². The molecule has 2 N–H and O–H groups in total. The molecule has 0 aliphatic heterocycles. The topological polar surface area (TPSA) is 24.1 Å². The lowest BCUT2D eigenvalue weighted by Gasteiger charge is -2.31. The van der Waals surface area contributed by atoms with Gasteiger partial charge in [-0.2, -0.15) is 0 Å². The fourth-order valence-corrected chi connectivity index (χ4v) is 3.77. The molecular formula is C24H28N2. The van der Waals surface area contributed by atoms with Crippen molar-refractivity contribution in [1.29, 1.82) is 0 Å². The summed E-state index contributed by atoms with van der Waals surface area (Å²) < 4.78 is 0. The second-order valence-corrected chi connectivity index (χ2v) is 6.98. The van der Waals surface area contributed by atoms with Crippen LogP contribution in [0.4, 0.5) is 5.69 Å². The van der Waals surface area contributed by atoms with Gasteiger partial charge >= 0.3 is 0 Å². The van der Waals surface area contributed by atoms with Crippen LogP contribution in [-0.2, 0) is 0 Å². The number of likely N-dealkylation sites (N-methyl/N-ethyl adjacent to an activating group) is 1. The molecule has 2 nitrogen and oxygen atoms in total. The maximum absolute atomic E-state index is 3.85. The van der Waals surface area contributed by atoms with Gasteiger partial charge in [-0.1, -0.05) is 78.4 Å². The fraction of sp³-hybridized carbons (Fsp3) is 0.250. The van der Waals surface area contributed by atoms with Gasteiger partial charge in [0.15, 0.2) is 0 Å². The van der Waals surface area contributed by atoms with Gasteiger partial charge in [-0.3, -0.25) is 0 Å². The first kappa shape index (κ1) is 18.2. The quantitative estimate of drug-likeness (QED) is 0.597. The van der Waals surface area contributed by atoms with Crippen molar-refractivity contribution in [1.82, 2.24) is 5.32 Å². The summed E-state index contributed by atoms with van der Waals surface area (Å²) in [6.45, 7) is 6.52. The van der Waals surface area contributed by atoms with Crippen LogP contribution >= 0.6 is 0 Å². The van der Waals surface area contributed by atoms with Crippen molar-refractivity contribution >= 4 is 5.69 Å². The van der Waals surface area contributed by atoms with E-state index in [1.54, 1.807) is 0 Å². The van der Waals surface area contributed by atoms with Gasteiger partial charge in [0.05, 0.1) is 12.1 Å². The Morgan fingerprint density at radius 2 is 1.12 bits per heavy atom. The molecule has 0 aliphatic rings. The van der Waals surface area contributed by atoms with Crippen molar-refractivity contribution in [2.24, 2.45) is 0 Å². The Labute approximate surface area is 157 Å². The van der Waals surface area contributed by atoms with Gasteiger partial charge in [-0.05, 0) is 50.1 Å². The van der Waals surface area contributed by atoms with E-state index in [4.69, 9.17) is 0 Å². The highest BCUT2D eigenvalue weighted by molar-refractivity contribution is 5.59.